The Hall–Kier alpha value is -0.120. The monoisotopic (exact) mass is 316 g/mol. The molecule has 3 heteroatoms. The molecule has 1 N–H and O–H groups in total. The van der Waals surface area contributed by atoms with E-state index in [0.717, 1.165) is 26.1 Å². The third-order valence-electron chi connectivity index (χ3n) is 4.00. The van der Waals surface area contributed by atoms with E-state index in [1.165, 1.54) is 64.2 Å². The van der Waals surface area contributed by atoms with Gasteiger partial charge in [0, 0.05) is 13.2 Å². The molecule has 0 radical (unpaired) electrons. The second kappa shape index (κ2) is 18.9. The van der Waals surface area contributed by atoms with Crippen LogP contribution in [0.4, 0.5) is 0 Å². The lowest BCUT2D eigenvalue weighted by molar-refractivity contribution is -0.0437. The van der Waals surface area contributed by atoms with Crippen LogP contribution in [0.5, 0.6) is 0 Å². The van der Waals surface area contributed by atoms with Gasteiger partial charge in [0.1, 0.15) is 6.10 Å². The Morgan fingerprint density at radius 1 is 0.682 bits per heavy atom. The van der Waals surface area contributed by atoms with E-state index in [4.69, 9.17) is 9.47 Å². The lowest BCUT2D eigenvalue weighted by Crippen LogP contribution is -2.24. The first-order valence-corrected chi connectivity index (χ1v) is 9.65. The van der Waals surface area contributed by atoms with Crippen molar-refractivity contribution in [2.24, 2.45) is 0 Å². The molecule has 0 aliphatic rings. The molecule has 134 valence electrons. The van der Waals surface area contributed by atoms with E-state index in [-0.39, 0.29) is 12.7 Å². The van der Waals surface area contributed by atoms with Crippen LogP contribution in [-0.4, -0.2) is 37.6 Å². The number of ether oxygens (including phenoxy) is 2. The van der Waals surface area contributed by atoms with Gasteiger partial charge in [-0.05, 0) is 12.8 Å². The molecule has 0 aromatic carbocycles. The summed E-state index contributed by atoms with van der Waals surface area (Å²) in [5, 5.41) is 9.27. The molecule has 1 atom stereocenters. The topological polar surface area (TPSA) is 38.7 Å². The standard InChI is InChI=1S/C19H40O3/c1-3-5-7-9-10-11-12-13-15-21-18-19(17-20)22-16-14-8-6-4-2/h19-20H,3-18H2,1-2H3. The molecule has 0 aromatic rings. The zero-order chi connectivity index (χ0) is 16.3. The van der Waals surface area contributed by atoms with Gasteiger partial charge in [0.2, 0.25) is 0 Å². The lowest BCUT2D eigenvalue weighted by atomic mass is 10.1. The highest BCUT2D eigenvalue weighted by atomic mass is 16.5. The van der Waals surface area contributed by atoms with Gasteiger partial charge in [0.05, 0.1) is 13.2 Å². The van der Waals surface area contributed by atoms with Crippen LogP contribution in [0.1, 0.15) is 90.9 Å². The molecule has 0 heterocycles. The van der Waals surface area contributed by atoms with Crippen molar-refractivity contribution in [2.75, 3.05) is 26.4 Å². The first kappa shape index (κ1) is 21.9. The summed E-state index contributed by atoms with van der Waals surface area (Å²) in [6, 6.07) is 0. The largest absolute Gasteiger partial charge is 0.394 e. The van der Waals surface area contributed by atoms with Crippen LogP contribution in [-0.2, 0) is 9.47 Å². The highest BCUT2D eigenvalue weighted by Crippen LogP contribution is 2.08. The fraction of sp³-hybridized carbons (Fsp3) is 1.00. The zero-order valence-corrected chi connectivity index (χ0v) is 15.2. The number of hydrogen-bond acceptors (Lipinski definition) is 3. The van der Waals surface area contributed by atoms with E-state index in [1.807, 2.05) is 0 Å². The average Bonchev–Trinajstić information content (AvgIpc) is 2.54. The highest BCUT2D eigenvalue weighted by Gasteiger charge is 2.07. The molecular formula is C19H40O3. The molecule has 0 fully saturated rings. The smallest absolute Gasteiger partial charge is 0.104 e. The van der Waals surface area contributed by atoms with Crippen LogP contribution in [0.25, 0.3) is 0 Å². The Labute approximate surface area is 138 Å². The minimum Gasteiger partial charge on any atom is -0.394 e. The summed E-state index contributed by atoms with van der Waals surface area (Å²) in [5.41, 5.74) is 0. The summed E-state index contributed by atoms with van der Waals surface area (Å²) in [6.07, 6.45) is 15.2. The lowest BCUT2D eigenvalue weighted by Gasteiger charge is -2.15. The molecule has 0 amide bonds. The Morgan fingerprint density at radius 2 is 1.18 bits per heavy atom. The van der Waals surface area contributed by atoms with Gasteiger partial charge in [-0.15, -0.1) is 0 Å². The highest BCUT2D eigenvalue weighted by molar-refractivity contribution is 4.54. The molecule has 3 nitrogen and oxygen atoms in total. The van der Waals surface area contributed by atoms with Crippen LogP contribution in [0, 0.1) is 0 Å². The molecule has 22 heavy (non-hydrogen) atoms. The fourth-order valence-electron chi connectivity index (χ4n) is 2.49. The van der Waals surface area contributed by atoms with Gasteiger partial charge >= 0.3 is 0 Å². The Morgan fingerprint density at radius 3 is 1.77 bits per heavy atom. The van der Waals surface area contributed by atoms with Crippen molar-refractivity contribution in [1.29, 1.82) is 0 Å². The first-order valence-electron chi connectivity index (χ1n) is 9.65. The van der Waals surface area contributed by atoms with Crippen molar-refractivity contribution in [3.8, 4) is 0 Å². The number of aliphatic hydroxyl groups is 1. The maximum Gasteiger partial charge on any atom is 0.104 e. The third kappa shape index (κ3) is 16.3. The van der Waals surface area contributed by atoms with Gasteiger partial charge in [0.25, 0.3) is 0 Å². The minimum absolute atomic E-state index is 0.0607. The third-order valence-corrected chi connectivity index (χ3v) is 4.00. The summed E-state index contributed by atoms with van der Waals surface area (Å²) in [5.74, 6) is 0. The van der Waals surface area contributed by atoms with E-state index in [9.17, 15) is 5.11 Å². The molecule has 0 aliphatic heterocycles. The molecule has 0 aliphatic carbocycles. The maximum absolute atomic E-state index is 9.27. The van der Waals surface area contributed by atoms with Crippen molar-refractivity contribution >= 4 is 0 Å². The van der Waals surface area contributed by atoms with E-state index >= 15 is 0 Å². The van der Waals surface area contributed by atoms with Crippen molar-refractivity contribution < 1.29 is 14.6 Å². The minimum atomic E-state index is -0.143. The van der Waals surface area contributed by atoms with Crippen molar-refractivity contribution in [3.63, 3.8) is 0 Å². The predicted octanol–water partition coefficient (Wildman–Crippen LogP) is 5.10. The quantitative estimate of drug-likeness (QED) is 0.357. The molecule has 1 unspecified atom stereocenters. The second-order valence-corrected chi connectivity index (χ2v) is 6.29. The summed E-state index contributed by atoms with van der Waals surface area (Å²) in [6.45, 7) is 6.59. The summed E-state index contributed by atoms with van der Waals surface area (Å²) in [7, 11) is 0. The normalized spacial score (nSPS) is 12.7. The molecule has 0 aromatic heterocycles. The molecule has 0 saturated heterocycles. The van der Waals surface area contributed by atoms with Gasteiger partial charge in [-0.25, -0.2) is 0 Å². The zero-order valence-electron chi connectivity index (χ0n) is 15.2. The Balaban J connectivity index is 3.25. The molecule has 0 saturated carbocycles. The van der Waals surface area contributed by atoms with E-state index in [1.54, 1.807) is 0 Å². The van der Waals surface area contributed by atoms with E-state index < -0.39 is 0 Å². The van der Waals surface area contributed by atoms with Crippen LogP contribution in [0.3, 0.4) is 0 Å². The Kier molecular flexibility index (Phi) is 18.8. The average molecular weight is 317 g/mol. The summed E-state index contributed by atoms with van der Waals surface area (Å²) >= 11 is 0. The molecular weight excluding hydrogens is 276 g/mol. The SMILES string of the molecule is CCCCCCCCCCOCC(CO)OCCCCCC. The molecule has 0 rings (SSSR count). The number of aliphatic hydroxyl groups excluding tert-OH is 1. The summed E-state index contributed by atoms with van der Waals surface area (Å²) < 4.78 is 11.3. The van der Waals surface area contributed by atoms with Gasteiger partial charge in [-0.3, -0.25) is 0 Å². The summed E-state index contributed by atoms with van der Waals surface area (Å²) in [4.78, 5) is 0. The van der Waals surface area contributed by atoms with Gasteiger partial charge < -0.3 is 14.6 Å². The number of rotatable bonds is 18. The van der Waals surface area contributed by atoms with Crippen LogP contribution < -0.4 is 0 Å². The number of hydrogen-bond donors (Lipinski definition) is 1. The van der Waals surface area contributed by atoms with Crippen molar-refractivity contribution in [1.82, 2.24) is 0 Å². The fourth-order valence-corrected chi connectivity index (χ4v) is 2.49. The van der Waals surface area contributed by atoms with E-state index in [0.29, 0.717) is 6.61 Å². The van der Waals surface area contributed by atoms with Gasteiger partial charge in [-0.1, -0.05) is 78.1 Å². The van der Waals surface area contributed by atoms with Crippen molar-refractivity contribution in [2.45, 2.75) is 97.0 Å². The predicted molar refractivity (Wildman–Crippen MR) is 94.4 cm³/mol. The van der Waals surface area contributed by atoms with Crippen LogP contribution in [0.15, 0.2) is 0 Å². The number of unbranched alkanes of at least 4 members (excludes halogenated alkanes) is 10. The van der Waals surface area contributed by atoms with Crippen LogP contribution >= 0.6 is 0 Å². The second-order valence-electron chi connectivity index (χ2n) is 6.29. The van der Waals surface area contributed by atoms with Crippen molar-refractivity contribution in [3.05, 3.63) is 0 Å². The van der Waals surface area contributed by atoms with Crippen LogP contribution in [0.2, 0.25) is 0 Å². The van der Waals surface area contributed by atoms with E-state index in [2.05, 4.69) is 13.8 Å². The van der Waals surface area contributed by atoms with Gasteiger partial charge in [0.15, 0.2) is 0 Å². The maximum atomic E-state index is 9.27. The van der Waals surface area contributed by atoms with Gasteiger partial charge in [-0.2, -0.15) is 0 Å². The Bertz CT molecular complexity index is 197. The first-order chi connectivity index (χ1) is 10.8. The molecule has 0 spiro atoms. The molecule has 0 bridgehead atoms.